The van der Waals surface area contributed by atoms with E-state index in [1.165, 1.54) is 12.1 Å². The van der Waals surface area contributed by atoms with Gasteiger partial charge in [-0.1, -0.05) is 42.5 Å². The van der Waals surface area contributed by atoms with E-state index in [2.05, 4.69) is 10.2 Å². The predicted molar refractivity (Wildman–Crippen MR) is 108 cm³/mol. The molecule has 2 saturated heterocycles. The lowest BCUT2D eigenvalue weighted by atomic mass is 9.89. The van der Waals surface area contributed by atoms with Crippen LogP contribution in [0.15, 0.2) is 66.9 Å². The fraction of sp³-hybridized carbons (Fsp3) is 0.261. The Balaban J connectivity index is 1.46. The molecule has 3 atom stereocenters. The maximum atomic E-state index is 14.3. The first kappa shape index (κ1) is 18.5. The van der Waals surface area contributed by atoms with Crippen molar-refractivity contribution in [1.82, 2.24) is 20.0 Å². The summed E-state index contributed by atoms with van der Waals surface area (Å²) in [5.74, 6) is -0.668. The average Bonchev–Trinajstić information content (AvgIpc) is 3.50. The predicted octanol–water partition coefficient (Wildman–Crippen LogP) is 3.13. The number of nitrogens with zero attached hydrogens (tertiary/aromatic N) is 3. The van der Waals surface area contributed by atoms with Crippen molar-refractivity contribution in [3.05, 3.63) is 89.5 Å². The normalized spacial score (nSPS) is 22.9. The van der Waals surface area contributed by atoms with Crippen LogP contribution >= 0.6 is 0 Å². The van der Waals surface area contributed by atoms with Crippen molar-refractivity contribution in [3.8, 4) is 0 Å². The quantitative estimate of drug-likeness (QED) is 0.729. The van der Waals surface area contributed by atoms with Crippen LogP contribution in [0.5, 0.6) is 0 Å². The largest absolute Gasteiger partial charge is 0.337 e. The molecule has 2 aliphatic heterocycles. The number of hydrogen-bond acceptors (Lipinski definition) is 3. The van der Waals surface area contributed by atoms with Gasteiger partial charge in [0.25, 0.3) is 11.8 Å². The van der Waals surface area contributed by atoms with Crippen LogP contribution in [-0.4, -0.2) is 51.4 Å². The van der Waals surface area contributed by atoms with Crippen molar-refractivity contribution in [3.63, 3.8) is 0 Å². The molecule has 0 radical (unpaired) electrons. The molecular formula is C23H21FN4O2. The number of aromatic amines is 1. The number of amides is 2. The van der Waals surface area contributed by atoms with Gasteiger partial charge in [-0.25, -0.2) is 4.39 Å². The number of carbonyl (C=O) groups is 2. The summed E-state index contributed by atoms with van der Waals surface area (Å²) in [6, 6.07) is 17.4. The Labute approximate surface area is 173 Å². The number of hydrogen-bond donors (Lipinski definition) is 1. The third-order valence-corrected chi connectivity index (χ3v) is 6.19. The lowest BCUT2D eigenvalue weighted by Crippen LogP contribution is -2.37. The van der Waals surface area contributed by atoms with Gasteiger partial charge in [0.1, 0.15) is 11.5 Å². The molecule has 5 rings (SSSR count). The van der Waals surface area contributed by atoms with Gasteiger partial charge >= 0.3 is 0 Å². The van der Waals surface area contributed by atoms with Crippen molar-refractivity contribution in [1.29, 1.82) is 0 Å². The minimum Gasteiger partial charge on any atom is -0.337 e. The number of rotatable bonds is 3. The molecular weight excluding hydrogens is 383 g/mol. The number of H-pyrrole nitrogens is 1. The highest BCUT2D eigenvalue weighted by Gasteiger charge is 2.50. The summed E-state index contributed by atoms with van der Waals surface area (Å²) < 4.78 is 14.3. The number of halogens is 1. The highest BCUT2D eigenvalue weighted by molar-refractivity contribution is 5.95. The smallest absolute Gasteiger partial charge is 0.271 e. The third kappa shape index (κ3) is 3.07. The van der Waals surface area contributed by atoms with Crippen molar-refractivity contribution in [2.75, 3.05) is 19.6 Å². The summed E-state index contributed by atoms with van der Waals surface area (Å²) in [5.41, 5.74) is 1.56. The van der Waals surface area contributed by atoms with Crippen LogP contribution in [0.2, 0.25) is 0 Å². The molecule has 0 unspecified atom stereocenters. The Kier molecular flexibility index (Phi) is 4.58. The summed E-state index contributed by atoms with van der Waals surface area (Å²) in [4.78, 5) is 29.7. The fourth-order valence-corrected chi connectivity index (χ4v) is 4.83. The standard InChI is InChI=1S/C23H21FN4O2/c24-19-9-5-4-8-17(19)22(29)28-13-16-12-27(23(30)20-10-11-25-26-20)14-18(16)21(28)15-6-2-1-3-7-15/h1-11,16,18,21H,12-14H2,(H,25,26)/t16-,18-,21+/m0/s1. The zero-order chi connectivity index (χ0) is 20.7. The van der Waals surface area contributed by atoms with Crippen molar-refractivity contribution in [2.45, 2.75) is 6.04 Å². The maximum Gasteiger partial charge on any atom is 0.271 e. The number of aromatic nitrogens is 2. The molecule has 152 valence electrons. The topological polar surface area (TPSA) is 69.3 Å². The number of fused-ring (bicyclic) bond motifs is 1. The van der Waals surface area contributed by atoms with Gasteiger partial charge in [-0.2, -0.15) is 5.10 Å². The molecule has 0 aliphatic carbocycles. The summed E-state index contributed by atoms with van der Waals surface area (Å²) in [7, 11) is 0. The van der Waals surface area contributed by atoms with Crippen molar-refractivity contribution in [2.24, 2.45) is 11.8 Å². The zero-order valence-electron chi connectivity index (χ0n) is 16.2. The second kappa shape index (κ2) is 7.40. The molecule has 0 saturated carbocycles. The van der Waals surface area contributed by atoms with E-state index >= 15 is 0 Å². The maximum absolute atomic E-state index is 14.3. The molecule has 30 heavy (non-hydrogen) atoms. The molecule has 2 aliphatic rings. The van der Waals surface area contributed by atoms with Gasteiger partial charge in [-0.3, -0.25) is 14.7 Å². The van der Waals surface area contributed by atoms with E-state index in [9.17, 15) is 14.0 Å². The van der Waals surface area contributed by atoms with Gasteiger partial charge in [0.2, 0.25) is 0 Å². The molecule has 2 fully saturated rings. The number of nitrogens with one attached hydrogen (secondary N) is 1. The van der Waals surface area contributed by atoms with Crippen LogP contribution in [0.3, 0.4) is 0 Å². The van der Waals surface area contributed by atoms with Gasteiger partial charge in [0.15, 0.2) is 0 Å². The third-order valence-electron chi connectivity index (χ3n) is 6.19. The van der Waals surface area contributed by atoms with Gasteiger partial charge in [0, 0.05) is 37.7 Å². The van der Waals surface area contributed by atoms with Crippen LogP contribution in [-0.2, 0) is 0 Å². The summed E-state index contributed by atoms with van der Waals surface area (Å²) >= 11 is 0. The highest BCUT2D eigenvalue weighted by atomic mass is 19.1. The van der Waals surface area contributed by atoms with E-state index < -0.39 is 5.82 Å². The number of benzene rings is 2. The Morgan fingerprint density at radius 3 is 2.43 bits per heavy atom. The van der Waals surface area contributed by atoms with Crippen LogP contribution < -0.4 is 0 Å². The summed E-state index contributed by atoms with van der Waals surface area (Å²) in [5, 5.41) is 6.60. The SMILES string of the molecule is O=C(c1ccn[nH]1)N1C[C@H]2CN(C(=O)c3ccccc3F)[C@H](c3ccccc3)[C@H]2C1. The Hall–Kier alpha value is -3.48. The first-order valence-electron chi connectivity index (χ1n) is 10.0. The summed E-state index contributed by atoms with van der Waals surface area (Å²) in [6.45, 7) is 1.60. The molecule has 6 nitrogen and oxygen atoms in total. The Morgan fingerprint density at radius 2 is 1.70 bits per heavy atom. The van der Waals surface area contributed by atoms with Gasteiger partial charge in [0.05, 0.1) is 11.6 Å². The van der Waals surface area contributed by atoms with Crippen molar-refractivity contribution < 1.29 is 14.0 Å². The number of likely N-dealkylation sites (tertiary alicyclic amines) is 2. The second-order valence-corrected chi connectivity index (χ2v) is 7.90. The second-order valence-electron chi connectivity index (χ2n) is 7.90. The Bertz CT molecular complexity index is 1070. The first-order chi connectivity index (χ1) is 14.6. The minimum absolute atomic E-state index is 0.0827. The van der Waals surface area contributed by atoms with E-state index in [1.54, 1.807) is 29.3 Å². The minimum atomic E-state index is -0.512. The monoisotopic (exact) mass is 404 g/mol. The van der Waals surface area contributed by atoms with E-state index in [1.807, 2.05) is 35.2 Å². The zero-order valence-corrected chi connectivity index (χ0v) is 16.2. The lowest BCUT2D eigenvalue weighted by Gasteiger charge is -2.30. The average molecular weight is 404 g/mol. The molecule has 0 bridgehead atoms. The van der Waals surface area contributed by atoms with Crippen LogP contribution in [0.1, 0.15) is 32.5 Å². The van der Waals surface area contributed by atoms with Crippen LogP contribution in [0, 0.1) is 17.7 Å². The molecule has 7 heteroatoms. The fourth-order valence-electron chi connectivity index (χ4n) is 4.83. The van der Waals surface area contributed by atoms with E-state index in [-0.39, 0.29) is 35.3 Å². The van der Waals surface area contributed by atoms with Gasteiger partial charge < -0.3 is 9.80 Å². The molecule has 3 heterocycles. The Morgan fingerprint density at radius 1 is 0.933 bits per heavy atom. The van der Waals surface area contributed by atoms with Crippen molar-refractivity contribution >= 4 is 11.8 Å². The van der Waals surface area contributed by atoms with E-state index in [4.69, 9.17) is 0 Å². The highest BCUT2D eigenvalue weighted by Crippen LogP contribution is 2.45. The molecule has 3 aromatic rings. The number of carbonyl (C=O) groups excluding carboxylic acids is 2. The van der Waals surface area contributed by atoms with Crippen LogP contribution in [0.25, 0.3) is 0 Å². The first-order valence-corrected chi connectivity index (χ1v) is 10.0. The molecule has 1 N–H and O–H groups in total. The summed E-state index contributed by atoms with van der Waals surface area (Å²) in [6.07, 6.45) is 1.56. The molecule has 0 spiro atoms. The molecule has 2 aromatic carbocycles. The van der Waals surface area contributed by atoms with Gasteiger partial charge in [-0.05, 0) is 23.8 Å². The molecule has 2 amide bonds. The van der Waals surface area contributed by atoms with E-state index in [0.717, 1.165) is 5.56 Å². The lowest BCUT2D eigenvalue weighted by molar-refractivity contribution is 0.0671. The van der Waals surface area contributed by atoms with E-state index in [0.29, 0.717) is 25.3 Å². The van der Waals surface area contributed by atoms with Gasteiger partial charge in [-0.15, -0.1) is 0 Å². The molecule has 1 aromatic heterocycles. The van der Waals surface area contributed by atoms with Crippen LogP contribution in [0.4, 0.5) is 4.39 Å².